The molecule has 2 heteroatoms. The Morgan fingerprint density at radius 1 is 1.10 bits per heavy atom. The van der Waals surface area contributed by atoms with Gasteiger partial charge in [-0.25, -0.2) is 0 Å². The van der Waals surface area contributed by atoms with Gasteiger partial charge in [-0.3, -0.25) is 0 Å². The normalized spacial score (nSPS) is 12.2. The van der Waals surface area contributed by atoms with Gasteiger partial charge in [-0.15, -0.1) is 0 Å². The SMILES string of the molecule is CCCOc1cccc(C(O)c2ccc(C)cc2C)c1. The van der Waals surface area contributed by atoms with Crippen molar-refractivity contribution >= 4 is 0 Å². The Kier molecular flexibility index (Phi) is 4.80. The zero-order valence-corrected chi connectivity index (χ0v) is 12.4. The Labute approximate surface area is 121 Å². The first-order valence-electron chi connectivity index (χ1n) is 7.09. The number of benzene rings is 2. The highest BCUT2D eigenvalue weighted by molar-refractivity contribution is 5.39. The predicted octanol–water partition coefficient (Wildman–Crippen LogP) is 4.17. The van der Waals surface area contributed by atoms with E-state index in [4.69, 9.17) is 4.74 Å². The van der Waals surface area contributed by atoms with Gasteiger partial charge in [0.1, 0.15) is 11.9 Å². The van der Waals surface area contributed by atoms with E-state index in [0.29, 0.717) is 6.61 Å². The van der Waals surface area contributed by atoms with Gasteiger partial charge in [0.15, 0.2) is 0 Å². The molecule has 0 saturated heterocycles. The monoisotopic (exact) mass is 270 g/mol. The fourth-order valence-electron chi connectivity index (χ4n) is 2.31. The molecule has 1 unspecified atom stereocenters. The summed E-state index contributed by atoms with van der Waals surface area (Å²) in [6.45, 7) is 6.86. The minimum atomic E-state index is -0.610. The first-order valence-corrected chi connectivity index (χ1v) is 7.09. The second-order valence-electron chi connectivity index (χ2n) is 5.18. The number of aryl methyl sites for hydroxylation is 2. The average Bonchev–Trinajstić information content (AvgIpc) is 2.45. The summed E-state index contributed by atoms with van der Waals surface area (Å²) in [4.78, 5) is 0. The van der Waals surface area contributed by atoms with Crippen LogP contribution in [0.2, 0.25) is 0 Å². The van der Waals surface area contributed by atoms with E-state index < -0.39 is 6.10 Å². The molecule has 0 amide bonds. The molecular weight excluding hydrogens is 248 g/mol. The van der Waals surface area contributed by atoms with Crippen LogP contribution in [-0.2, 0) is 0 Å². The molecule has 0 aliphatic carbocycles. The summed E-state index contributed by atoms with van der Waals surface area (Å²) in [5.74, 6) is 0.813. The molecule has 0 saturated carbocycles. The molecule has 0 aliphatic heterocycles. The average molecular weight is 270 g/mol. The van der Waals surface area contributed by atoms with Crippen molar-refractivity contribution in [1.82, 2.24) is 0 Å². The summed E-state index contributed by atoms with van der Waals surface area (Å²) >= 11 is 0. The van der Waals surface area contributed by atoms with Crippen molar-refractivity contribution in [1.29, 1.82) is 0 Å². The van der Waals surface area contributed by atoms with E-state index in [2.05, 4.69) is 19.9 Å². The molecule has 1 atom stereocenters. The summed E-state index contributed by atoms with van der Waals surface area (Å²) in [6.07, 6.45) is 0.366. The molecule has 0 aromatic heterocycles. The third kappa shape index (κ3) is 3.40. The number of hydrogen-bond donors (Lipinski definition) is 1. The number of aliphatic hydroxyl groups excluding tert-OH is 1. The highest BCUT2D eigenvalue weighted by Crippen LogP contribution is 2.27. The Morgan fingerprint density at radius 3 is 2.60 bits per heavy atom. The van der Waals surface area contributed by atoms with Gasteiger partial charge in [-0.2, -0.15) is 0 Å². The van der Waals surface area contributed by atoms with Crippen molar-refractivity contribution in [2.24, 2.45) is 0 Å². The summed E-state index contributed by atoms with van der Waals surface area (Å²) in [5, 5.41) is 10.6. The summed E-state index contributed by atoms with van der Waals surface area (Å²) < 4.78 is 5.62. The molecule has 0 radical (unpaired) electrons. The van der Waals surface area contributed by atoms with Crippen LogP contribution in [-0.4, -0.2) is 11.7 Å². The van der Waals surface area contributed by atoms with Crippen molar-refractivity contribution in [2.75, 3.05) is 6.61 Å². The topological polar surface area (TPSA) is 29.5 Å². The first kappa shape index (κ1) is 14.6. The van der Waals surface area contributed by atoms with Crippen LogP contribution in [0.3, 0.4) is 0 Å². The van der Waals surface area contributed by atoms with Crippen LogP contribution < -0.4 is 4.74 Å². The Morgan fingerprint density at radius 2 is 1.90 bits per heavy atom. The van der Waals surface area contributed by atoms with Crippen LogP contribution in [0, 0.1) is 13.8 Å². The quantitative estimate of drug-likeness (QED) is 0.883. The number of aliphatic hydroxyl groups is 1. The molecule has 2 rings (SSSR count). The van der Waals surface area contributed by atoms with Gasteiger partial charge in [0.05, 0.1) is 6.61 Å². The predicted molar refractivity (Wildman–Crippen MR) is 82.2 cm³/mol. The molecule has 20 heavy (non-hydrogen) atoms. The van der Waals surface area contributed by atoms with Crippen LogP contribution in [0.1, 0.15) is 41.7 Å². The molecule has 1 N–H and O–H groups in total. The molecule has 2 aromatic carbocycles. The maximum absolute atomic E-state index is 10.6. The zero-order chi connectivity index (χ0) is 14.5. The Bertz CT molecular complexity index is 575. The van der Waals surface area contributed by atoms with E-state index in [9.17, 15) is 5.11 Å². The van der Waals surface area contributed by atoms with E-state index in [-0.39, 0.29) is 0 Å². The molecule has 2 nitrogen and oxygen atoms in total. The molecular formula is C18H22O2. The maximum atomic E-state index is 10.6. The number of hydrogen-bond acceptors (Lipinski definition) is 2. The van der Waals surface area contributed by atoms with Crippen molar-refractivity contribution in [2.45, 2.75) is 33.3 Å². The lowest BCUT2D eigenvalue weighted by molar-refractivity contribution is 0.218. The Hall–Kier alpha value is -1.80. The van der Waals surface area contributed by atoms with Crippen LogP contribution in [0.25, 0.3) is 0 Å². The van der Waals surface area contributed by atoms with Gasteiger partial charge in [0.25, 0.3) is 0 Å². The maximum Gasteiger partial charge on any atom is 0.119 e. The fourth-order valence-corrected chi connectivity index (χ4v) is 2.31. The number of rotatable bonds is 5. The van der Waals surface area contributed by atoms with E-state index in [0.717, 1.165) is 28.9 Å². The summed E-state index contributed by atoms with van der Waals surface area (Å²) in [6, 6.07) is 13.8. The van der Waals surface area contributed by atoms with E-state index in [1.807, 2.05) is 43.3 Å². The largest absolute Gasteiger partial charge is 0.494 e. The van der Waals surface area contributed by atoms with Gasteiger partial charge < -0.3 is 9.84 Å². The zero-order valence-electron chi connectivity index (χ0n) is 12.4. The molecule has 0 heterocycles. The van der Waals surface area contributed by atoms with E-state index in [1.54, 1.807) is 0 Å². The highest BCUT2D eigenvalue weighted by Gasteiger charge is 2.13. The van der Waals surface area contributed by atoms with Gasteiger partial charge in [0, 0.05) is 0 Å². The van der Waals surface area contributed by atoms with Crippen LogP contribution >= 0.6 is 0 Å². The second-order valence-corrected chi connectivity index (χ2v) is 5.18. The van der Waals surface area contributed by atoms with Crippen LogP contribution in [0.4, 0.5) is 0 Å². The second kappa shape index (κ2) is 6.58. The fraction of sp³-hybridized carbons (Fsp3) is 0.333. The molecule has 0 fully saturated rings. The van der Waals surface area contributed by atoms with Crippen molar-refractivity contribution in [3.63, 3.8) is 0 Å². The lowest BCUT2D eigenvalue weighted by Crippen LogP contribution is -2.03. The summed E-state index contributed by atoms with van der Waals surface area (Å²) in [5.41, 5.74) is 4.13. The van der Waals surface area contributed by atoms with E-state index in [1.165, 1.54) is 5.56 Å². The minimum Gasteiger partial charge on any atom is -0.494 e. The van der Waals surface area contributed by atoms with Crippen LogP contribution in [0.15, 0.2) is 42.5 Å². The molecule has 2 aromatic rings. The third-order valence-electron chi connectivity index (χ3n) is 3.37. The van der Waals surface area contributed by atoms with E-state index >= 15 is 0 Å². The van der Waals surface area contributed by atoms with Crippen molar-refractivity contribution in [3.8, 4) is 5.75 Å². The standard InChI is InChI=1S/C18H22O2/c1-4-10-20-16-7-5-6-15(12-16)18(19)17-9-8-13(2)11-14(17)3/h5-9,11-12,18-19H,4,10H2,1-3H3. The summed E-state index contributed by atoms with van der Waals surface area (Å²) in [7, 11) is 0. The lowest BCUT2D eigenvalue weighted by atomic mass is 9.96. The minimum absolute atomic E-state index is 0.610. The van der Waals surface area contributed by atoms with Crippen LogP contribution in [0.5, 0.6) is 5.75 Å². The Balaban J connectivity index is 2.26. The molecule has 0 aliphatic rings. The third-order valence-corrected chi connectivity index (χ3v) is 3.37. The van der Waals surface area contributed by atoms with Gasteiger partial charge >= 0.3 is 0 Å². The molecule has 0 spiro atoms. The van der Waals surface area contributed by atoms with Crippen molar-refractivity contribution in [3.05, 3.63) is 64.7 Å². The highest BCUT2D eigenvalue weighted by atomic mass is 16.5. The first-order chi connectivity index (χ1) is 9.61. The molecule has 106 valence electrons. The smallest absolute Gasteiger partial charge is 0.119 e. The van der Waals surface area contributed by atoms with Gasteiger partial charge in [-0.05, 0) is 49.1 Å². The van der Waals surface area contributed by atoms with Gasteiger partial charge in [0.2, 0.25) is 0 Å². The molecule has 0 bridgehead atoms. The number of ether oxygens (including phenoxy) is 1. The lowest BCUT2D eigenvalue weighted by Gasteiger charge is -2.16. The van der Waals surface area contributed by atoms with Gasteiger partial charge in [-0.1, -0.05) is 42.8 Å². The van der Waals surface area contributed by atoms with Crippen molar-refractivity contribution < 1.29 is 9.84 Å².